The fourth-order valence-electron chi connectivity index (χ4n) is 2.56. The Morgan fingerprint density at radius 2 is 2.14 bits per heavy atom. The van der Waals surface area contributed by atoms with Crippen molar-refractivity contribution < 1.29 is 4.79 Å². The molecule has 0 bridgehead atoms. The van der Waals surface area contributed by atoms with E-state index in [0.29, 0.717) is 12.2 Å². The van der Waals surface area contributed by atoms with Crippen molar-refractivity contribution in [2.75, 3.05) is 23.3 Å². The number of aromatic nitrogens is 2. The van der Waals surface area contributed by atoms with E-state index >= 15 is 0 Å². The number of carbonyl (C=O) groups excluding carboxylic acids is 1. The number of amides is 1. The minimum atomic E-state index is -0.0590. The molecule has 0 radical (unpaired) electrons. The van der Waals surface area contributed by atoms with Gasteiger partial charge < -0.3 is 10.2 Å². The van der Waals surface area contributed by atoms with E-state index < -0.39 is 0 Å². The first kappa shape index (κ1) is 15.0. The Labute approximate surface area is 134 Å². The molecular formula is C16H20N4OS. The van der Waals surface area contributed by atoms with E-state index in [9.17, 15) is 4.79 Å². The summed E-state index contributed by atoms with van der Waals surface area (Å²) < 4.78 is 0. The Kier molecular flexibility index (Phi) is 4.68. The summed E-state index contributed by atoms with van der Waals surface area (Å²) in [7, 11) is 0. The van der Waals surface area contributed by atoms with Gasteiger partial charge in [0.1, 0.15) is 0 Å². The maximum atomic E-state index is 11.9. The van der Waals surface area contributed by atoms with Crippen molar-refractivity contribution in [3.8, 4) is 0 Å². The molecule has 1 fully saturated rings. The highest BCUT2D eigenvalue weighted by Crippen LogP contribution is 2.21. The zero-order valence-electron chi connectivity index (χ0n) is 12.7. The van der Waals surface area contributed by atoms with Crippen molar-refractivity contribution >= 4 is 28.9 Å². The number of rotatable bonds is 4. The van der Waals surface area contributed by atoms with Crippen molar-refractivity contribution in [2.24, 2.45) is 5.92 Å². The third-order valence-corrected chi connectivity index (χ3v) is 4.82. The lowest BCUT2D eigenvalue weighted by molar-refractivity contribution is -0.115. The monoisotopic (exact) mass is 316 g/mol. The lowest BCUT2D eigenvalue weighted by Gasteiger charge is -2.30. The molecule has 1 aliphatic heterocycles. The van der Waals surface area contributed by atoms with Crippen LogP contribution in [-0.2, 0) is 11.2 Å². The number of carbonyl (C=O) groups is 1. The molecular weight excluding hydrogens is 296 g/mol. The van der Waals surface area contributed by atoms with Gasteiger partial charge >= 0.3 is 0 Å². The van der Waals surface area contributed by atoms with E-state index in [-0.39, 0.29) is 5.91 Å². The first-order valence-electron chi connectivity index (χ1n) is 7.61. The molecule has 0 atom stereocenters. The highest BCUT2D eigenvalue weighted by molar-refractivity contribution is 7.10. The van der Waals surface area contributed by atoms with Crippen LogP contribution in [0.3, 0.4) is 0 Å². The van der Waals surface area contributed by atoms with Crippen molar-refractivity contribution in [1.29, 1.82) is 0 Å². The van der Waals surface area contributed by atoms with Gasteiger partial charge in [-0.25, -0.2) is 0 Å². The largest absolute Gasteiger partial charge is 0.355 e. The molecule has 0 aromatic carbocycles. The third-order valence-electron chi connectivity index (χ3n) is 3.94. The maximum absolute atomic E-state index is 11.9. The highest BCUT2D eigenvalue weighted by atomic mass is 32.1. The molecule has 6 heteroatoms. The van der Waals surface area contributed by atoms with Gasteiger partial charge in [0, 0.05) is 18.0 Å². The highest BCUT2D eigenvalue weighted by Gasteiger charge is 2.17. The van der Waals surface area contributed by atoms with Gasteiger partial charge in [0.25, 0.3) is 0 Å². The smallest absolute Gasteiger partial charge is 0.230 e. The number of nitrogens with one attached hydrogen (secondary N) is 1. The fraction of sp³-hybridized carbons (Fsp3) is 0.438. The summed E-state index contributed by atoms with van der Waals surface area (Å²) in [6.07, 6.45) is 2.77. The Morgan fingerprint density at radius 3 is 2.77 bits per heavy atom. The topological polar surface area (TPSA) is 58.1 Å². The lowest BCUT2D eigenvalue weighted by Crippen LogP contribution is -2.33. The Morgan fingerprint density at radius 1 is 1.32 bits per heavy atom. The van der Waals surface area contributed by atoms with Gasteiger partial charge in [-0.15, -0.1) is 21.5 Å². The van der Waals surface area contributed by atoms with Gasteiger partial charge in [-0.3, -0.25) is 4.79 Å². The first-order chi connectivity index (χ1) is 10.7. The minimum Gasteiger partial charge on any atom is -0.355 e. The predicted molar refractivity (Wildman–Crippen MR) is 89.3 cm³/mol. The van der Waals surface area contributed by atoms with Crippen molar-refractivity contribution in [3.63, 3.8) is 0 Å². The van der Waals surface area contributed by atoms with E-state index in [2.05, 4.69) is 27.3 Å². The summed E-state index contributed by atoms with van der Waals surface area (Å²) in [6, 6.07) is 7.66. The van der Waals surface area contributed by atoms with E-state index in [4.69, 9.17) is 0 Å². The summed E-state index contributed by atoms with van der Waals surface area (Å²) in [4.78, 5) is 15.2. The molecule has 2 aromatic rings. The molecule has 0 aliphatic carbocycles. The van der Waals surface area contributed by atoms with Gasteiger partial charge in [0.2, 0.25) is 5.91 Å². The van der Waals surface area contributed by atoms with Crippen LogP contribution in [0.4, 0.5) is 11.6 Å². The van der Waals surface area contributed by atoms with Crippen molar-refractivity contribution in [3.05, 3.63) is 34.5 Å². The Bertz CT molecular complexity index is 604. The maximum Gasteiger partial charge on any atom is 0.230 e. The summed E-state index contributed by atoms with van der Waals surface area (Å²) >= 11 is 1.58. The lowest BCUT2D eigenvalue weighted by atomic mass is 9.99. The van der Waals surface area contributed by atoms with E-state index in [1.165, 1.54) is 12.8 Å². The van der Waals surface area contributed by atoms with E-state index in [0.717, 1.165) is 29.7 Å². The average Bonchev–Trinajstić information content (AvgIpc) is 3.02. The van der Waals surface area contributed by atoms with Gasteiger partial charge in [-0.05, 0) is 42.3 Å². The van der Waals surface area contributed by atoms with Crippen LogP contribution in [-0.4, -0.2) is 29.2 Å². The molecule has 1 aliphatic rings. The molecule has 3 rings (SSSR count). The summed E-state index contributed by atoms with van der Waals surface area (Å²) in [5.74, 6) is 2.13. The van der Waals surface area contributed by atoms with Crippen LogP contribution < -0.4 is 10.2 Å². The molecule has 3 heterocycles. The zero-order valence-corrected chi connectivity index (χ0v) is 13.5. The normalized spacial score (nSPS) is 15.8. The minimum absolute atomic E-state index is 0.0590. The fourth-order valence-corrected chi connectivity index (χ4v) is 3.26. The second-order valence-corrected chi connectivity index (χ2v) is 6.78. The van der Waals surface area contributed by atoms with Crippen LogP contribution in [0.25, 0.3) is 0 Å². The average molecular weight is 316 g/mol. The quantitative estimate of drug-likeness (QED) is 0.942. The van der Waals surface area contributed by atoms with Crippen LogP contribution in [0.2, 0.25) is 0 Å². The molecule has 1 saturated heterocycles. The van der Waals surface area contributed by atoms with Crippen LogP contribution in [0.1, 0.15) is 24.6 Å². The van der Waals surface area contributed by atoms with Gasteiger partial charge in [0.15, 0.2) is 11.6 Å². The van der Waals surface area contributed by atoms with Crippen LogP contribution in [0, 0.1) is 5.92 Å². The number of nitrogens with zero attached hydrogens (tertiary/aromatic N) is 3. The van der Waals surface area contributed by atoms with E-state index in [1.54, 1.807) is 11.3 Å². The van der Waals surface area contributed by atoms with Gasteiger partial charge in [-0.1, -0.05) is 13.0 Å². The molecule has 1 N–H and O–H groups in total. The number of thiophene rings is 1. The molecule has 2 aromatic heterocycles. The first-order valence-corrected chi connectivity index (χ1v) is 8.49. The predicted octanol–water partition coefficient (Wildman–Crippen LogP) is 2.96. The summed E-state index contributed by atoms with van der Waals surface area (Å²) in [6.45, 7) is 4.34. The van der Waals surface area contributed by atoms with E-state index in [1.807, 2.05) is 29.6 Å². The molecule has 0 spiro atoms. The van der Waals surface area contributed by atoms with Crippen LogP contribution >= 0.6 is 11.3 Å². The molecule has 1 amide bonds. The second kappa shape index (κ2) is 6.87. The number of piperidine rings is 1. The SMILES string of the molecule is CC1CCN(c2ccc(NC(=O)Cc3cccs3)nn2)CC1. The summed E-state index contributed by atoms with van der Waals surface area (Å²) in [5.41, 5.74) is 0. The van der Waals surface area contributed by atoms with Crippen molar-refractivity contribution in [1.82, 2.24) is 10.2 Å². The van der Waals surface area contributed by atoms with Gasteiger partial charge in [-0.2, -0.15) is 0 Å². The number of hydrogen-bond donors (Lipinski definition) is 1. The van der Waals surface area contributed by atoms with Crippen molar-refractivity contribution in [2.45, 2.75) is 26.2 Å². The summed E-state index contributed by atoms with van der Waals surface area (Å²) in [5, 5.41) is 13.1. The molecule has 22 heavy (non-hydrogen) atoms. The number of hydrogen-bond acceptors (Lipinski definition) is 5. The molecule has 5 nitrogen and oxygen atoms in total. The second-order valence-electron chi connectivity index (χ2n) is 5.75. The van der Waals surface area contributed by atoms with Crippen LogP contribution in [0.5, 0.6) is 0 Å². The zero-order chi connectivity index (χ0) is 15.4. The Hall–Kier alpha value is -1.95. The van der Waals surface area contributed by atoms with Crippen LogP contribution in [0.15, 0.2) is 29.6 Å². The Balaban J connectivity index is 1.56. The standard InChI is InChI=1S/C16H20N4OS/c1-12-6-8-20(9-7-12)15-5-4-14(18-19-15)17-16(21)11-13-3-2-10-22-13/h2-5,10,12H,6-9,11H2,1H3,(H,17,18,21). The molecule has 0 saturated carbocycles. The van der Waals surface area contributed by atoms with Gasteiger partial charge in [0.05, 0.1) is 6.42 Å². The number of anilines is 2. The third kappa shape index (κ3) is 3.82. The molecule has 0 unspecified atom stereocenters. The molecule has 116 valence electrons.